The standard InChI is InChI=1S/C9H9N.2C2H6/c1-2-3-4-9-5-7-10-8-6-9;2*1-2/h5-8H,4H2,1H3;2*1-2H3. The third-order valence-corrected chi connectivity index (χ3v) is 1.22. The molecule has 1 nitrogen and oxygen atoms in total. The molecule has 0 atom stereocenters. The Balaban J connectivity index is 0. The Morgan fingerprint density at radius 1 is 1.07 bits per heavy atom. The molecular formula is C13H21N. The van der Waals surface area contributed by atoms with Crippen molar-refractivity contribution in [1.29, 1.82) is 0 Å². The van der Waals surface area contributed by atoms with E-state index in [1.165, 1.54) is 5.56 Å². The normalized spacial score (nSPS) is 6.64. The summed E-state index contributed by atoms with van der Waals surface area (Å²) in [6.07, 6.45) is 4.40. The van der Waals surface area contributed by atoms with Crippen LogP contribution in [0.25, 0.3) is 0 Å². The fourth-order valence-electron chi connectivity index (χ4n) is 0.691. The van der Waals surface area contributed by atoms with Gasteiger partial charge in [0.05, 0.1) is 0 Å². The quantitative estimate of drug-likeness (QED) is 0.617. The first-order valence-electron chi connectivity index (χ1n) is 5.22. The second kappa shape index (κ2) is 14.2. The van der Waals surface area contributed by atoms with Crippen LogP contribution in [0.5, 0.6) is 0 Å². The molecule has 0 N–H and O–H groups in total. The van der Waals surface area contributed by atoms with Gasteiger partial charge in [0.25, 0.3) is 0 Å². The van der Waals surface area contributed by atoms with Gasteiger partial charge >= 0.3 is 0 Å². The van der Waals surface area contributed by atoms with Gasteiger partial charge in [-0.15, -0.1) is 5.92 Å². The van der Waals surface area contributed by atoms with Crippen LogP contribution in [0, 0.1) is 11.8 Å². The minimum absolute atomic E-state index is 0.832. The van der Waals surface area contributed by atoms with Gasteiger partial charge in [0.2, 0.25) is 0 Å². The lowest BCUT2D eigenvalue weighted by Crippen LogP contribution is -1.79. The molecule has 0 aliphatic rings. The smallest absolute Gasteiger partial charge is 0.0341 e. The van der Waals surface area contributed by atoms with Crippen molar-refractivity contribution in [1.82, 2.24) is 4.98 Å². The molecule has 0 unspecified atom stereocenters. The molecule has 0 radical (unpaired) electrons. The predicted octanol–water partition coefficient (Wildman–Crippen LogP) is 3.70. The summed E-state index contributed by atoms with van der Waals surface area (Å²) in [5.74, 6) is 5.83. The molecule has 0 fully saturated rings. The Morgan fingerprint density at radius 3 is 2.00 bits per heavy atom. The van der Waals surface area contributed by atoms with Gasteiger partial charge in [0, 0.05) is 18.8 Å². The van der Waals surface area contributed by atoms with Crippen LogP contribution < -0.4 is 0 Å². The van der Waals surface area contributed by atoms with Crippen molar-refractivity contribution in [3.05, 3.63) is 30.1 Å². The van der Waals surface area contributed by atoms with Crippen LogP contribution in [0.4, 0.5) is 0 Å². The highest BCUT2D eigenvalue weighted by molar-refractivity contribution is 5.17. The molecule has 1 rings (SSSR count). The molecule has 0 aromatic carbocycles. The Kier molecular flexibility index (Phi) is 15.5. The average molecular weight is 191 g/mol. The predicted molar refractivity (Wildman–Crippen MR) is 64.1 cm³/mol. The molecule has 78 valence electrons. The first kappa shape index (κ1) is 15.2. The van der Waals surface area contributed by atoms with E-state index in [0.717, 1.165) is 6.42 Å². The van der Waals surface area contributed by atoms with Crippen molar-refractivity contribution >= 4 is 0 Å². The topological polar surface area (TPSA) is 12.9 Å². The van der Waals surface area contributed by atoms with Crippen molar-refractivity contribution in [2.45, 2.75) is 41.0 Å². The second-order valence-electron chi connectivity index (χ2n) is 1.96. The fourth-order valence-corrected chi connectivity index (χ4v) is 0.691. The van der Waals surface area contributed by atoms with Gasteiger partial charge in [0.15, 0.2) is 0 Å². The van der Waals surface area contributed by atoms with Gasteiger partial charge in [0.1, 0.15) is 0 Å². The van der Waals surface area contributed by atoms with Gasteiger partial charge < -0.3 is 0 Å². The zero-order chi connectivity index (χ0) is 11.2. The highest BCUT2D eigenvalue weighted by atomic mass is 14.6. The summed E-state index contributed by atoms with van der Waals surface area (Å²) < 4.78 is 0. The largest absolute Gasteiger partial charge is 0.265 e. The average Bonchev–Trinajstić information content (AvgIpc) is 2.33. The van der Waals surface area contributed by atoms with Crippen molar-refractivity contribution in [2.24, 2.45) is 0 Å². The summed E-state index contributed by atoms with van der Waals surface area (Å²) in [5.41, 5.74) is 1.23. The van der Waals surface area contributed by atoms with E-state index >= 15 is 0 Å². The maximum Gasteiger partial charge on any atom is 0.0341 e. The Labute approximate surface area is 88.6 Å². The van der Waals surface area contributed by atoms with Crippen LogP contribution in [0.2, 0.25) is 0 Å². The Hall–Kier alpha value is -1.29. The molecule has 1 aromatic heterocycles. The molecule has 0 saturated heterocycles. The maximum atomic E-state index is 3.91. The van der Waals surface area contributed by atoms with E-state index in [0.29, 0.717) is 0 Å². The Morgan fingerprint density at radius 2 is 1.57 bits per heavy atom. The molecule has 0 aliphatic carbocycles. The van der Waals surface area contributed by atoms with Crippen LogP contribution in [0.15, 0.2) is 24.5 Å². The number of aromatic nitrogens is 1. The van der Waals surface area contributed by atoms with Crippen molar-refractivity contribution < 1.29 is 0 Å². The number of pyridine rings is 1. The minimum Gasteiger partial charge on any atom is -0.265 e. The van der Waals surface area contributed by atoms with Gasteiger partial charge in [-0.05, 0) is 24.6 Å². The lowest BCUT2D eigenvalue weighted by Gasteiger charge is -1.89. The highest BCUT2D eigenvalue weighted by Crippen LogP contribution is 1.94. The number of hydrogen-bond acceptors (Lipinski definition) is 1. The molecular weight excluding hydrogens is 170 g/mol. The van der Waals surface area contributed by atoms with E-state index in [-0.39, 0.29) is 0 Å². The summed E-state index contributed by atoms with van der Waals surface area (Å²) >= 11 is 0. The van der Waals surface area contributed by atoms with E-state index < -0.39 is 0 Å². The van der Waals surface area contributed by atoms with Crippen LogP contribution in [-0.2, 0) is 6.42 Å². The molecule has 0 spiro atoms. The zero-order valence-corrected chi connectivity index (χ0v) is 9.96. The second-order valence-corrected chi connectivity index (χ2v) is 1.96. The van der Waals surface area contributed by atoms with Gasteiger partial charge in [-0.25, -0.2) is 0 Å². The first-order valence-corrected chi connectivity index (χ1v) is 5.22. The number of hydrogen-bond donors (Lipinski definition) is 0. The van der Waals surface area contributed by atoms with Gasteiger partial charge in [-0.3, -0.25) is 4.98 Å². The molecule has 0 saturated carbocycles. The summed E-state index contributed by atoms with van der Waals surface area (Å²) in [6.45, 7) is 9.85. The number of nitrogens with zero attached hydrogens (tertiary/aromatic N) is 1. The summed E-state index contributed by atoms with van der Waals surface area (Å²) in [7, 11) is 0. The lowest BCUT2D eigenvalue weighted by atomic mass is 10.2. The molecule has 1 heteroatoms. The van der Waals surface area contributed by atoms with Crippen LogP contribution in [-0.4, -0.2) is 4.98 Å². The monoisotopic (exact) mass is 191 g/mol. The highest BCUT2D eigenvalue weighted by Gasteiger charge is 1.83. The van der Waals surface area contributed by atoms with Crippen LogP contribution in [0.3, 0.4) is 0 Å². The molecule has 0 bridgehead atoms. The van der Waals surface area contributed by atoms with Crippen molar-refractivity contribution in [3.63, 3.8) is 0 Å². The lowest BCUT2D eigenvalue weighted by molar-refractivity contribution is 1.24. The van der Waals surface area contributed by atoms with Crippen LogP contribution >= 0.6 is 0 Å². The fraction of sp³-hybridized carbons (Fsp3) is 0.462. The van der Waals surface area contributed by atoms with Crippen LogP contribution in [0.1, 0.15) is 40.2 Å². The summed E-state index contributed by atoms with van der Waals surface area (Å²) in [6, 6.07) is 3.95. The minimum atomic E-state index is 0.832. The molecule has 1 heterocycles. The van der Waals surface area contributed by atoms with Gasteiger partial charge in [-0.1, -0.05) is 33.6 Å². The van der Waals surface area contributed by atoms with E-state index in [4.69, 9.17) is 0 Å². The zero-order valence-electron chi connectivity index (χ0n) is 9.96. The number of rotatable bonds is 1. The Bertz CT molecular complexity index is 241. The van der Waals surface area contributed by atoms with Crippen molar-refractivity contribution in [3.8, 4) is 11.8 Å². The van der Waals surface area contributed by atoms with E-state index in [2.05, 4.69) is 16.8 Å². The maximum absolute atomic E-state index is 3.91. The molecule has 0 aliphatic heterocycles. The molecule has 1 aromatic rings. The summed E-state index contributed by atoms with van der Waals surface area (Å²) in [5, 5.41) is 0. The third-order valence-electron chi connectivity index (χ3n) is 1.22. The third kappa shape index (κ3) is 8.80. The van der Waals surface area contributed by atoms with Crippen molar-refractivity contribution in [2.75, 3.05) is 0 Å². The molecule has 0 amide bonds. The van der Waals surface area contributed by atoms with Gasteiger partial charge in [-0.2, -0.15) is 0 Å². The first-order chi connectivity index (χ1) is 6.93. The van der Waals surface area contributed by atoms with E-state index in [9.17, 15) is 0 Å². The molecule has 14 heavy (non-hydrogen) atoms. The summed E-state index contributed by atoms with van der Waals surface area (Å²) in [4.78, 5) is 3.91. The van der Waals surface area contributed by atoms with E-state index in [1.807, 2.05) is 46.8 Å². The van der Waals surface area contributed by atoms with E-state index in [1.54, 1.807) is 12.4 Å². The SMILES string of the molecule is CC.CC.CC#CCc1ccncc1.